The SMILES string of the molecule is CCN1C(=O)c2nc(C)sc2N(C)c2nc(Nc3ccc(N4CCN(C)CC4)c(C)c3)ncc21. The zero-order chi connectivity index (χ0) is 24.0. The summed E-state index contributed by atoms with van der Waals surface area (Å²) in [5, 5.41) is 5.01. The molecule has 1 saturated heterocycles. The number of anilines is 6. The van der Waals surface area contributed by atoms with Crippen molar-refractivity contribution in [3.8, 4) is 0 Å². The molecule has 0 spiro atoms. The van der Waals surface area contributed by atoms with Gasteiger partial charge in [-0.05, 0) is 51.6 Å². The first-order valence-corrected chi connectivity index (χ1v) is 12.4. The fourth-order valence-electron chi connectivity index (χ4n) is 4.56. The average molecular weight is 479 g/mol. The molecule has 1 aromatic carbocycles. The van der Waals surface area contributed by atoms with Crippen LogP contribution in [0.4, 0.5) is 33.8 Å². The van der Waals surface area contributed by atoms with E-state index in [1.807, 2.05) is 25.8 Å². The molecule has 9 nitrogen and oxygen atoms in total. The highest BCUT2D eigenvalue weighted by atomic mass is 32.1. The Bertz CT molecular complexity index is 1230. The lowest BCUT2D eigenvalue weighted by Gasteiger charge is -2.35. The van der Waals surface area contributed by atoms with Crippen molar-refractivity contribution in [1.82, 2.24) is 19.9 Å². The maximum absolute atomic E-state index is 13.1. The largest absolute Gasteiger partial charge is 0.369 e. The fraction of sp³-hybridized carbons (Fsp3) is 0.417. The fourth-order valence-corrected chi connectivity index (χ4v) is 5.43. The minimum absolute atomic E-state index is 0.119. The highest BCUT2D eigenvalue weighted by Crippen LogP contribution is 2.41. The number of thiazole rings is 1. The number of nitrogens with zero attached hydrogens (tertiary/aromatic N) is 7. The second-order valence-corrected chi connectivity index (χ2v) is 10.00. The summed E-state index contributed by atoms with van der Waals surface area (Å²) >= 11 is 1.50. The van der Waals surface area contributed by atoms with Gasteiger partial charge in [0.2, 0.25) is 5.95 Å². The second-order valence-electron chi connectivity index (χ2n) is 8.81. The van der Waals surface area contributed by atoms with Gasteiger partial charge in [-0.25, -0.2) is 9.97 Å². The molecule has 34 heavy (non-hydrogen) atoms. The molecule has 0 aliphatic carbocycles. The Morgan fingerprint density at radius 2 is 1.82 bits per heavy atom. The first-order chi connectivity index (χ1) is 16.4. The highest BCUT2D eigenvalue weighted by Gasteiger charge is 2.33. The molecule has 4 heterocycles. The molecular weight excluding hydrogens is 448 g/mol. The van der Waals surface area contributed by atoms with Gasteiger partial charge in [0, 0.05) is 51.1 Å². The molecule has 2 aromatic heterocycles. The van der Waals surface area contributed by atoms with E-state index in [0.717, 1.165) is 41.9 Å². The molecule has 0 bridgehead atoms. The highest BCUT2D eigenvalue weighted by molar-refractivity contribution is 7.16. The van der Waals surface area contributed by atoms with Gasteiger partial charge in [-0.3, -0.25) is 4.79 Å². The van der Waals surface area contributed by atoms with Gasteiger partial charge in [-0.2, -0.15) is 4.98 Å². The van der Waals surface area contributed by atoms with Crippen LogP contribution in [0.2, 0.25) is 0 Å². The smallest absolute Gasteiger partial charge is 0.280 e. The topological polar surface area (TPSA) is 80.7 Å². The maximum atomic E-state index is 13.1. The monoisotopic (exact) mass is 478 g/mol. The Morgan fingerprint density at radius 3 is 2.53 bits per heavy atom. The summed E-state index contributed by atoms with van der Waals surface area (Å²) in [7, 11) is 4.09. The number of hydrogen-bond acceptors (Lipinski definition) is 9. The normalized spacial score (nSPS) is 16.4. The standard InChI is InChI=1S/C24H30N8OS/c1-6-32-19-14-25-24(28-21(19)30(5)23-20(22(32)33)26-16(3)34-23)27-17-7-8-18(15(2)13-17)31-11-9-29(4)10-12-31/h7-8,13-14H,6,9-12H2,1-5H3,(H,25,27,28). The van der Waals surface area contributed by atoms with Gasteiger partial charge in [0.05, 0.1) is 11.2 Å². The van der Waals surface area contributed by atoms with Gasteiger partial charge >= 0.3 is 0 Å². The van der Waals surface area contributed by atoms with Crippen molar-refractivity contribution in [2.24, 2.45) is 0 Å². The van der Waals surface area contributed by atoms with Gasteiger partial charge in [-0.1, -0.05) is 0 Å². The van der Waals surface area contributed by atoms with Crippen LogP contribution in [0.25, 0.3) is 0 Å². The quantitative estimate of drug-likeness (QED) is 0.607. The Balaban J connectivity index is 1.44. The molecule has 0 unspecified atom stereocenters. The number of carbonyl (C=O) groups is 1. The van der Waals surface area contributed by atoms with Crippen molar-refractivity contribution < 1.29 is 4.79 Å². The third-order valence-corrected chi connectivity index (χ3v) is 7.49. The number of likely N-dealkylation sites (N-methyl/N-ethyl adjacent to an activating group) is 1. The van der Waals surface area contributed by atoms with E-state index in [9.17, 15) is 4.79 Å². The van der Waals surface area contributed by atoms with E-state index >= 15 is 0 Å². The molecule has 178 valence electrons. The minimum Gasteiger partial charge on any atom is -0.369 e. The van der Waals surface area contributed by atoms with Crippen molar-refractivity contribution in [2.45, 2.75) is 20.8 Å². The van der Waals surface area contributed by atoms with Crippen molar-refractivity contribution in [2.75, 3.05) is 66.8 Å². The van der Waals surface area contributed by atoms with Crippen LogP contribution < -0.4 is 20.0 Å². The molecular formula is C24H30N8OS. The van der Waals surface area contributed by atoms with Crippen molar-refractivity contribution in [3.63, 3.8) is 0 Å². The van der Waals surface area contributed by atoms with Crippen LogP contribution in [0.5, 0.6) is 0 Å². The minimum atomic E-state index is -0.119. The molecule has 5 rings (SSSR count). The number of rotatable bonds is 4. The molecule has 0 radical (unpaired) electrons. The average Bonchev–Trinajstić information content (AvgIpc) is 3.19. The van der Waals surface area contributed by atoms with E-state index in [1.165, 1.54) is 22.6 Å². The van der Waals surface area contributed by atoms with Crippen LogP contribution in [0.3, 0.4) is 0 Å². The summed E-state index contributed by atoms with van der Waals surface area (Å²) < 4.78 is 0. The first-order valence-electron chi connectivity index (χ1n) is 11.6. The van der Waals surface area contributed by atoms with Gasteiger partial charge in [0.15, 0.2) is 11.5 Å². The number of amides is 1. The Morgan fingerprint density at radius 1 is 1.06 bits per heavy atom. The number of aryl methyl sites for hydroxylation is 2. The lowest BCUT2D eigenvalue weighted by molar-refractivity contribution is 0.0985. The molecule has 0 saturated carbocycles. The lowest BCUT2D eigenvalue weighted by Crippen LogP contribution is -2.44. The lowest BCUT2D eigenvalue weighted by atomic mass is 10.1. The van der Waals surface area contributed by atoms with Crippen LogP contribution in [0, 0.1) is 13.8 Å². The number of piperazine rings is 1. The summed E-state index contributed by atoms with van der Waals surface area (Å²) in [6.45, 7) is 10.7. The van der Waals surface area contributed by atoms with Crippen LogP contribution in [0.15, 0.2) is 24.4 Å². The Hall–Kier alpha value is -3.24. The molecule has 1 amide bonds. The maximum Gasteiger partial charge on any atom is 0.280 e. The van der Waals surface area contributed by atoms with Crippen LogP contribution >= 0.6 is 11.3 Å². The van der Waals surface area contributed by atoms with Gasteiger partial charge in [0.25, 0.3) is 5.91 Å². The Labute approximate surface area is 204 Å². The van der Waals surface area contributed by atoms with Crippen LogP contribution in [-0.4, -0.2) is 72.6 Å². The number of nitrogens with one attached hydrogen (secondary N) is 1. The number of benzene rings is 1. The van der Waals surface area contributed by atoms with Crippen molar-refractivity contribution in [1.29, 1.82) is 0 Å². The van der Waals surface area contributed by atoms with E-state index in [0.29, 0.717) is 29.7 Å². The summed E-state index contributed by atoms with van der Waals surface area (Å²) in [6.07, 6.45) is 1.72. The number of aromatic nitrogens is 3. The summed E-state index contributed by atoms with van der Waals surface area (Å²) in [5.74, 6) is 1.05. The number of carbonyl (C=O) groups excluding carboxylic acids is 1. The predicted octanol–water partition coefficient (Wildman–Crippen LogP) is 3.79. The zero-order valence-corrected chi connectivity index (χ0v) is 21.1. The van der Waals surface area contributed by atoms with Crippen molar-refractivity contribution in [3.05, 3.63) is 40.7 Å². The third-order valence-electron chi connectivity index (χ3n) is 6.44. The van der Waals surface area contributed by atoms with Gasteiger partial charge < -0.3 is 24.9 Å². The second kappa shape index (κ2) is 8.84. The van der Waals surface area contributed by atoms with E-state index in [2.05, 4.69) is 57.3 Å². The summed E-state index contributed by atoms with van der Waals surface area (Å²) in [4.78, 5) is 35.4. The molecule has 0 atom stereocenters. The molecule has 10 heteroatoms. The molecule has 1 N–H and O–H groups in total. The van der Waals surface area contributed by atoms with E-state index in [-0.39, 0.29) is 5.91 Å². The molecule has 3 aromatic rings. The molecule has 2 aliphatic heterocycles. The number of fused-ring (bicyclic) bond motifs is 2. The number of hydrogen-bond donors (Lipinski definition) is 1. The van der Waals surface area contributed by atoms with E-state index in [4.69, 9.17) is 4.98 Å². The summed E-state index contributed by atoms with van der Waals surface area (Å²) in [6, 6.07) is 6.38. The third kappa shape index (κ3) is 3.97. The van der Waals surface area contributed by atoms with Crippen LogP contribution in [0.1, 0.15) is 28.0 Å². The van der Waals surface area contributed by atoms with E-state index < -0.39 is 0 Å². The zero-order valence-electron chi connectivity index (χ0n) is 20.3. The molecule has 2 aliphatic rings. The van der Waals surface area contributed by atoms with E-state index in [1.54, 1.807) is 11.1 Å². The first kappa shape index (κ1) is 22.5. The van der Waals surface area contributed by atoms with Crippen LogP contribution in [-0.2, 0) is 0 Å². The van der Waals surface area contributed by atoms with Gasteiger partial charge in [0.1, 0.15) is 10.7 Å². The summed E-state index contributed by atoms with van der Waals surface area (Å²) in [5.41, 5.74) is 4.57. The predicted molar refractivity (Wildman–Crippen MR) is 138 cm³/mol. The van der Waals surface area contributed by atoms with Crippen molar-refractivity contribution >= 4 is 51.1 Å². The van der Waals surface area contributed by atoms with Gasteiger partial charge in [-0.15, -0.1) is 11.3 Å². The Kier molecular flexibility index (Phi) is 5.86. The molecule has 1 fully saturated rings.